The minimum Gasteiger partial charge on any atom is -0.390 e. The van der Waals surface area contributed by atoms with Gasteiger partial charge in [-0.05, 0) is 29.7 Å². The second-order valence-corrected chi connectivity index (χ2v) is 6.62. The van der Waals surface area contributed by atoms with Gasteiger partial charge in [-0.3, -0.25) is 4.79 Å². The number of aliphatic hydroxyl groups excluding tert-OH is 1. The summed E-state index contributed by atoms with van der Waals surface area (Å²) in [7, 11) is 0. The summed E-state index contributed by atoms with van der Waals surface area (Å²) in [5, 5.41) is 13.2. The SMILES string of the molecule is O=C(N[C@H]1c2ccccc2C[C@H]1O)C1CCCCS1. The van der Waals surface area contributed by atoms with Gasteiger partial charge in [0.05, 0.1) is 17.4 Å². The Balaban J connectivity index is 1.71. The number of amides is 1. The van der Waals surface area contributed by atoms with Crippen molar-refractivity contribution in [2.45, 2.75) is 43.1 Å². The molecule has 4 heteroatoms. The summed E-state index contributed by atoms with van der Waals surface area (Å²) in [4.78, 5) is 12.3. The fourth-order valence-electron chi connectivity index (χ4n) is 2.94. The first-order valence-electron chi connectivity index (χ1n) is 6.93. The van der Waals surface area contributed by atoms with Crippen LogP contribution < -0.4 is 5.32 Å². The zero-order valence-electron chi connectivity index (χ0n) is 10.8. The highest BCUT2D eigenvalue weighted by Crippen LogP contribution is 2.32. The Kier molecular flexibility index (Phi) is 3.80. The molecule has 1 fully saturated rings. The van der Waals surface area contributed by atoms with Crippen molar-refractivity contribution in [2.24, 2.45) is 0 Å². The lowest BCUT2D eigenvalue weighted by Crippen LogP contribution is -2.39. The average molecular weight is 277 g/mol. The number of aliphatic hydroxyl groups is 1. The van der Waals surface area contributed by atoms with Crippen molar-refractivity contribution in [3.05, 3.63) is 35.4 Å². The molecule has 1 aromatic rings. The third-order valence-electron chi connectivity index (χ3n) is 3.97. The minimum atomic E-state index is -0.491. The number of hydrogen-bond acceptors (Lipinski definition) is 3. The molecule has 1 saturated heterocycles. The molecule has 1 aromatic carbocycles. The third-order valence-corrected chi connectivity index (χ3v) is 5.35. The van der Waals surface area contributed by atoms with Crippen LogP contribution in [0, 0.1) is 0 Å². The highest BCUT2D eigenvalue weighted by Gasteiger charge is 2.33. The van der Waals surface area contributed by atoms with Crippen LogP contribution in [0.3, 0.4) is 0 Å². The average Bonchev–Trinajstić information content (AvgIpc) is 2.76. The molecule has 1 aliphatic carbocycles. The fraction of sp³-hybridized carbons (Fsp3) is 0.533. The summed E-state index contributed by atoms with van der Waals surface area (Å²) >= 11 is 1.74. The monoisotopic (exact) mass is 277 g/mol. The van der Waals surface area contributed by atoms with Crippen LogP contribution in [0.15, 0.2) is 24.3 Å². The molecule has 0 spiro atoms. The van der Waals surface area contributed by atoms with Crippen molar-refractivity contribution in [1.29, 1.82) is 0 Å². The van der Waals surface area contributed by atoms with Gasteiger partial charge in [0.1, 0.15) is 0 Å². The van der Waals surface area contributed by atoms with Gasteiger partial charge in [-0.25, -0.2) is 0 Å². The normalized spacial score (nSPS) is 29.8. The molecular formula is C15H19NO2S. The first-order chi connectivity index (χ1) is 9.25. The van der Waals surface area contributed by atoms with E-state index >= 15 is 0 Å². The lowest BCUT2D eigenvalue weighted by atomic mass is 10.1. The minimum absolute atomic E-state index is 0.0636. The number of fused-ring (bicyclic) bond motifs is 1. The number of nitrogens with one attached hydrogen (secondary N) is 1. The van der Waals surface area contributed by atoms with Crippen molar-refractivity contribution in [3.63, 3.8) is 0 Å². The van der Waals surface area contributed by atoms with Crippen LogP contribution in [0.4, 0.5) is 0 Å². The number of rotatable bonds is 2. The van der Waals surface area contributed by atoms with Gasteiger partial charge in [0, 0.05) is 6.42 Å². The van der Waals surface area contributed by atoms with Gasteiger partial charge in [0.25, 0.3) is 0 Å². The van der Waals surface area contributed by atoms with Crippen molar-refractivity contribution >= 4 is 17.7 Å². The number of carbonyl (C=O) groups excluding carboxylic acids is 1. The molecule has 0 aromatic heterocycles. The van der Waals surface area contributed by atoms with Crippen molar-refractivity contribution in [3.8, 4) is 0 Å². The molecule has 3 nitrogen and oxygen atoms in total. The largest absolute Gasteiger partial charge is 0.390 e. The number of hydrogen-bond donors (Lipinski definition) is 2. The molecule has 0 saturated carbocycles. The molecular weight excluding hydrogens is 258 g/mol. The van der Waals surface area contributed by atoms with Crippen molar-refractivity contribution in [1.82, 2.24) is 5.32 Å². The Morgan fingerprint density at radius 1 is 1.32 bits per heavy atom. The molecule has 2 N–H and O–H groups in total. The molecule has 0 bridgehead atoms. The zero-order chi connectivity index (χ0) is 13.2. The third kappa shape index (κ3) is 2.65. The van der Waals surface area contributed by atoms with E-state index in [1.165, 1.54) is 6.42 Å². The fourth-order valence-corrected chi connectivity index (χ4v) is 4.15. The van der Waals surface area contributed by atoms with E-state index in [2.05, 4.69) is 5.32 Å². The molecule has 3 rings (SSSR count). The summed E-state index contributed by atoms with van der Waals surface area (Å²) in [6, 6.07) is 7.74. The van der Waals surface area contributed by atoms with Gasteiger partial charge in [-0.15, -0.1) is 11.8 Å². The van der Waals surface area contributed by atoms with Gasteiger partial charge in [-0.1, -0.05) is 30.7 Å². The van der Waals surface area contributed by atoms with Crippen LogP contribution >= 0.6 is 11.8 Å². The van der Waals surface area contributed by atoms with E-state index in [-0.39, 0.29) is 17.2 Å². The van der Waals surface area contributed by atoms with Crippen LogP contribution in [0.5, 0.6) is 0 Å². The Morgan fingerprint density at radius 2 is 2.16 bits per heavy atom. The highest BCUT2D eigenvalue weighted by molar-refractivity contribution is 8.00. The van der Waals surface area contributed by atoms with Crippen LogP contribution in [0.25, 0.3) is 0 Å². The quantitative estimate of drug-likeness (QED) is 0.870. The second-order valence-electron chi connectivity index (χ2n) is 5.31. The van der Waals surface area contributed by atoms with Gasteiger partial charge in [-0.2, -0.15) is 0 Å². The summed E-state index contributed by atoms with van der Waals surface area (Å²) in [5.74, 6) is 1.16. The predicted molar refractivity (Wildman–Crippen MR) is 77.1 cm³/mol. The van der Waals surface area contributed by atoms with Crippen LogP contribution in [0.2, 0.25) is 0 Å². The number of benzene rings is 1. The maximum absolute atomic E-state index is 12.3. The molecule has 102 valence electrons. The lowest BCUT2D eigenvalue weighted by molar-refractivity contribution is -0.122. The molecule has 19 heavy (non-hydrogen) atoms. The Labute approximate surface area is 117 Å². The summed E-state index contributed by atoms with van der Waals surface area (Å²) in [6.45, 7) is 0. The second kappa shape index (κ2) is 5.55. The Morgan fingerprint density at radius 3 is 2.95 bits per heavy atom. The van der Waals surface area contributed by atoms with Gasteiger partial charge in [0.15, 0.2) is 0 Å². The van der Waals surface area contributed by atoms with E-state index < -0.39 is 6.10 Å². The van der Waals surface area contributed by atoms with E-state index in [0.29, 0.717) is 6.42 Å². The Hall–Kier alpha value is -1.00. The first kappa shape index (κ1) is 13.0. The van der Waals surface area contributed by atoms with E-state index in [9.17, 15) is 9.90 Å². The van der Waals surface area contributed by atoms with Gasteiger partial charge < -0.3 is 10.4 Å². The summed E-state index contributed by atoms with van der Waals surface area (Å²) in [6.07, 6.45) is 3.45. The standard InChI is InChI=1S/C15H19NO2S/c17-12-9-10-5-1-2-6-11(10)14(12)16-15(18)13-7-3-4-8-19-13/h1-2,5-6,12-14,17H,3-4,7-9H2,(H,16,18)/t12-,13?,14+/m1/s1. The Bertz CT molecular complexity index is 471. The zero-order valence-corrected chi connectivity index (χ0v) is 11.7. The van der Waals surface area contributed by atoms with Crippen LogP contribution in [-0.4, -0.2) is 28.1 Å². The van der Waals surface area contributed by atoms with E-state index in [1.807, 2.05) is 24.3 Å². The van der Waals surface area contributed by atoms with Gasteiger partial charge >= 0.3 is 0 Å². The molecule has 1 unspecified atom stereocenters. The maximum Gasteiger partial charge on any atom is 0.233 e. The number of thioether (sulfide) groups is 1. The smallest absolute Gasteiger partial charge is 0.233 e. The summed E-state index contributed by atoms with van der Waals surface area (Å²) < 4.78 is 0. The number of carbonyl (C=O) groups is 1. The highest BCUT2D eigenvalue weighted by atomic mass is 32.2. The molecule has 1 heterocycles. The predicted octanol–water partition coefficient (Wildman–Crippen LogP) is 2.05. The van der Waals surface area contributed by atoms with Crippen molar-refractivity contribution in [2.75, 3.05) is 5.75 Å². The van der Waals surface area contributed by atoms with Crippen molar-refractivity contribution < 1.29 is 9.90 Å². The maximum atomic E-state index is 12.3. The van der Waals surface area contributed by atoms with E-state index in [1.54, 1.807) is 11.8 Å². The lowest BCUT2D eigenvalue weighted by Gasteiger charge is -2.24. The van der Waals surface area contributed by atoms with Crippen LogP contribution in [-0.2, 0) is 11.2 Å². The topological polar surface area (TPSA) is 49.3 Å². The first-order valence-corrected chi connectivity index (χ1v) is 7.98. The van der Waals surface area contributed by atoms with E-state index in [4.69, 9.17) is 0 Å². The molecule has 1 amide bonds. The van der Waals surface area contributed by atoms with E-state index in [0.717, 1.165) is 29.7 Å². The molecule has 1 aliphatic heterocycles. The summed E-state index contributed by atoms with van der Waals surface area (Å²) in [5.41, 5.74) is 2.22. The molecule has 0 radical (unpaired) electrons. The van der Waals surface area contributed by atoms with Crippen LogP contribution in [0.1, 0.15) is 36.4 Å². The molecule has 2 aliphatic rings. The molecule has 3 atom stereocenters. The van der Waals surface area contributed by atoms with Gasteiger partial charge in [0.2, 0.25) is 5.91 Å².